The third-order valence-electron chi connectivity index (χ3n) is 5.22. The van der Waals surface area contributed by atoms with Crippen molar-refractivity contribution >= 4 is 11.7 Å². The molecule has 1 fully saturated rings. The van der Waals surface area contributed by atoms with Gasteiger partial charge in [-0.25, -0.2) is 0 Å². The van der Waals surface area contributed by atoms with Crippen LogP contribution in [0.25, 0.3) is 11.3 Å². The molecule has 2 aromatic carbocycles. The molecule has 1 aliphatic rings. The Morgan fingerprint density at radius 3 is 2.20 bits per heavy atom. The molecule has 2 heterocycles. The fourth-order valence-corrected chi connectivity index (χ4v) is 3.51. The lowest BCUT2D eigenvalue weighted by atomic mass is 10.1. The Morgan fingerprint density at radius 1 is 0.833 bits per heavy atom. The van der Waals surface area contributed by atoms with Crippen LogP contribution in [0, 0.1) is 0 Å². The second kappa shape index (κ2) is 8.82. The highest BCUT2D eigenvalue weighted by Gasteiger charge is 2.23. The highest BCUT2D eigenvalue weighted by molar-refractivity contribution is 5.94. The maximum absolute atomic E-state index is 12.8. The van der Waals surface area contributed by atoms with Gasteiger partial charge in [0.05, 0.1) is 19.9 Å². The predicted molar refractivity (Wildman–Crippen MR) is 115 cm³/mol. The number of anilines is 1. The minimum absolute atomic E-state index is 0.0213. The molecule has 1 saturated heterocycles. The van der Waals surface area contributed by atoms with E-state index in [0.29, 0.717) is 37.5 Å². The number of methoxy groups -OCH3 is 2. The lowest BCUT2D eigenvalue weighted by Crippen LogP contribution is -2.49. The Hall–Kier alpha value is -3.61. The van der Waals surface area contributed by atoms with Gasteiger partial charge in [0, 0.05) is 37.3 Å². The number of nitrogens with zero attached hydrogens (tertiary/aromatic N) is 4. The molecule has 0 aliphatic carbocycles. The summed E-state index contributed by atoms with van der Waals surface area (Å²) in [5, 5.41) is 8.78. The summed E-state index contributed by atoms with van der Waals surface area (Å²) in [7, 11) is 3.25. The van der Waals surface area contributed by atoms with Crippen molar-refractivity contribution in [2.45, 2.75) is 0 Å². The summed E-state index contributed by atoms with van der Waals surface area (Å²) in [4.78, 5) is 16.8. The Balaban J connectivity index is 1.39. The smallest absolute Gasteiger partial charge is 0.254 e. The third kappa shape index (κ3) is 4.20. The van der Waals surface area contributed by atoms with Crippen LogP contribution in [0.4, 0.5) is 5.82 Å². The standard InChI is InChI=1S/C23H24N4O3/c1-29-19-7-3-5-17(15-19)21-9-10-22(25-24-21)26-11-13-27(14-12-26)23(28)18-6-4-8-20(16-18)30-2/h3-10,15-16H,11-14H2,1-2H3. The van der Waals surface area contributed by atoms with Gasteiger partial charge < -0.3 is 19.3 Å². The van der Waals surface area contributed by atoms with Gasteiger partial charge in [0.15, 0.2) is 5.82 Å². The molecule has 7 nitrogen and oxygen atoms in total. The van der Waals surface area contributed by atoms with Crippen molar-refractivity contribution in [3.63, 3.8) is 0 Å². The molecule has 0 bridgehead atoms. The van der Waals surface area contributed by atoms with Crippen LogP contribution in [0.1, 0.15) is 10.4 Å². The van der Waals surface area contributed by atoms with E-state index in [4.69, 9.17) is 9.47 Å². The van der Waals surface area contributed by atoms with E-state index in [-0.39, 0.29) is 5.91 Å². The molecular formula is C23H24N4O3. The fraction of sp³-hybridized carbons (Fsp3) is 0.261. The van der Waals surface area contributed by atoms with E-state index in [1.807, 2.05) is 59.5 Å². The lowest BCUT2D eigenvalue weighted by molar-refractivity contribution is 0.0746. The van der Waals surface area contributed by atoms with Crippen molar-refractivity contribution < 1.29 is 14.3 Å². The largest absolute Gasteiger partial charge is 0.497 e. The van der Waals surface area contributed by atoms with Crippen LogP contribution in [0.5, 0.6) is 11.5 Å². The van der Waals surface area contributed by atoms with E-state index in [1.54, 1.807) is 20.3 Å². The molecular weight excluding hydrogens is 380 g/mol. The van der Waals surface area contributed by atoms with Crippen molar-refractivity contribution in [1.82, 2.24) is 15.1 Å². The zero-order valence-corrected chi connectivity index (χ0v) is 17.1. The second-order valence-corrected chi connectivity index (χ2v) is 7.02. The molecule has 0 unspecified atom stereocenters. The van der Waals surface area contributed by atoms with E-state index in [9.17, 15) is 4.79 Å². The third-order valence-corrected chi connectivity index (χ3v) is 5.22. The van der Waals surface area contributed by atoms with E-state index in [1.165, 1.54) is 0 Å². The molecule has 4 rings (SSSR count). The quantitative estimate of drug-likeness (QED) is 0.651. The zero-order valence-electron chi connectivity index (χ0n) is 17.1. The van der Waals surface area contributed by atoms with Crippen molar-refractivity contribution in [2.24, 2.45) is 0 Å². The Labute approximate surface area is 175 Å². The maximum Gasteiger partial charge on any atom is 0.254 e. The van der Waals surface area contributed by atoms with Gasteiger partial charge in [0.2, 0.25) is 0 Å². The summed E-state index contributed by atoms with van der Waals surface area (Å²) in [6.45, 7) is 2.69. The predicted octanol–water partition coefficient (Wildman–Crippen LogP) is 3.12. The molecule has 7 heteroatoms. The van der Waals surface area contributed by atoms with Crippen molar-refractivity contribution in [2.75, 3.05) is 45.3 Å². The van der Waals surface area contributed by atoms with Crippen LogP contribution in [0.3, 0.4) is 0 Å². The number of rotatable bonds is 5. The molecule has 154 valence electrons. The molecule has 0 spiro atoms. The first kappa shape index (κ1) is 19.7. The SMILES string of the molecule is COc1cccc(C(=O)N2CCN(c3ccc(-c4cccc(OC)c4)nn3)CC2)c1. The number of amides is 1. The van der Waals surface area contributed by atoms with Crippen LogP contribution in [-0.2, 0) is 0 Å². The van der Waals surface area contributed by atoms with Crippen LogP contribution in [0.15, 0.2) is 60.7 Å². The molecule has 30 heavy (non-hydrogen) atoms. The van der Waals surface area contributed by atoms with Gasteiger partial charge in [-0.3, -0.25) is 4.79 Å². The highest BCUT2D eigenvalue weighted by atomic mass is 16.5. The second-order valence-electron chi connectivity index (χ2n) is 7.02. The summed E-state index contributed by atoms with van der Waals surface area (Å²) < 4.78 is 10.5. The lowest BCUT2D eigenvalue weighted by Gasteiger charge is -2.35. The van der Waals surface area contributed by atoms with E-state index in [2.05, 4.69) is 15.1 Å². The van der Waals surface area contributed by atoms with Crippen LogP contribution in [-0.4, -0.2) is 61.4 Å². The molecule has 3 aromatic rings. The summed E-state index contributed by atoms with van der Waals surface area (Å²) in [5.41, 5.74) is 2.40. The Morgan fingerprint density at radius 2 is 1.53 bits per heavy atom. The van der Waals surface area contributed by atoms with Crippen molar-refractivity contribution in [3.8, 4) is 22.8 Å². The van der Waals surface area contributed by atoms with Crippen LogP contribution in [0.2, 0.25) is 0 Å². The Bertz CT molecular complexity index is 1010. The first-order chi connectivity index (χ1) is 14.7. The maximum atomic E-state index is 12.8. The van der Waals surface area contributed by atoms with Gasteiger partial charge in [-0.1, -0.05) is 18.2 Å². The van der Waals surface area contributed by atoms with E-state index >= 15 is 0 Å². The van der Waals surface area contributed by atoms with Gasteiger partial charge in [-0.05, 0) is 42.5 Å². The van der Waals surface area contributed by atoms with E-state index in [0.717, 1.165) is 22.8 Å². The van der Waals surface area contributed by atoms with Crippen LogP contribution < -0.4 is 14.4 Å². The average Bonchev–Trinajstić information content (AvgIpc) is 2.84. The topological polar surface area (TPSA) is 67.8 Å². The number of benzene rings is 2. The van der Waals surface area contributed by atoms with Crippen LogP contribution >= 0.6 is 0 Å². The number of ether oxygens (including phenoxy) is 2. The highest BCUT2D eigenvalue weighted by Crippen LogP contribution is 2.23. The van der Waals surface area contributed by atoms with Crippen molar-refractivity contribution in [1.29, 1.82) is 0 Å². The average molecular weight is 404 g/mol. The normalized spacial score (nSPS) is 13.8. The first-order valence-electron chi connectivity index (χ1n) is 9.84. The zero-order chi connectivity index (χ0) is 20.9. The fourth-order valence-electron chi connectivity index (χ4n) is 3.51. The summed E-state index contributed by atoms with van der Waals surface area (Å²) in [5.74, 6) is 2.31. The summed E-state index contributed by atoms with van der Waals surface area (Å²) in [6, 6.07) is 19.0. The van der Waals surface area contributed by atoms with E-state index < -0.39 is 0 Å². The number of carbonyl (C=O) groups is 1. The van der Waals surface area contributed by atoms with Gasteiger partial charge >= 0.3 is 0 Å². The summed E-state index contributed by atoms with van der Waals surface area (Å²) >= 11 is 0. The number of aromatic nitrogens is 2. The molecule has 0 N–H and O–H groups in total. The van der Waals surface area contributed by atoms with Gasteiger partial charge in [0.1, 0.15) is 11.5 Å². The molecule has 0 saturated carbocycles. The number of hydrogen-bond donors (Lipinski definition) is 0. The molecule has 1 amide bonds. The Kier molecular flexibility index (Phi) is 5.79. The van der Waals surface area contributed by atoms with Gasteiger partial charge in [-0.2, -0.15) is 0 Å². The number of piperazine rings is 1. The molecule has 1 aromatic heterocycles. The van der Waals surface area contributed by atoms with Gasteiger partial charge in [0.25, 0.3) is 5.91 Å². The number of hydrogen-bond acceptors (Lipinski definition) is 6. The monoisotopic (exact) mass is 404 g/mol. The van der Waals surface area contributed by atoms with Crippen molar-refractivity contribution in [3.05, 3.63) is 66.2 Å². The molecule has 1 aliphatic heterocycles. The number of carbonyl (C=O) groups excluding carboxylic acids is 1. The minimum atomic E-state index is 0.0213. The first-order valence-corrected chi connectivity index (χ1v) is 9.84. The summed E-state index contributed by atoms with van der Waals surface area (Å²) in [6.07, 6.45) is 0. The van der Waals surface area contributed by atoms with Gasteiger partial charge in [-0.15, -0.1) is 10.2 Å². The minimum Gasteiger partial charge on any atom is -0.497 e. The molecule has 0 radical (unpaired) electrons. The molecule has 0 atom stereocenters.